The molecule has 1 N–H and O–H groups in total. The van der Waals surface area contributed by atoms with Crippen LogP contribution < -0.4 is 10.8 Å². The van der Waals surface area contributed by atoms with Crippen LogP contribution in [0.15, 0.2) is 6.07 Å². The predicted molar refractivity (Wildman–Crippen MR) is 85.1 cm³/mol. The van der Waals surface area contributed by atoms with Crippen molar-refractivity contribution < 1.29 is 9.59 Å². The first-order chi connectivity index (χ1) is 9.85. The summed E-state index contributed by atoms with van der Waals surface area (Å²) in [6, 6.07) is 1.83. The molecule has 0 radical (unpaired) electrons. The summed E-state index contributed by atoms with van der Waals surface area (Å²) in [5.74, 6) is 0.741. The van der Waals surface area contributed by atoms with Gasteiger partial charge in [-0.15, -0.1) is 0 Å². The van der Waals surface area contributed by atoms with Crippen molar-refractivity contribution >= 4 is 37.6 Å². The second-order valence-electron chi connectivity index (χ2n) is 5.69. The molecular formula is C14H21N4O2P. The summed E-state index contributed by atoms with van der Waals surface area (Å²) in [5, 5.41) is 7.20. The maximum absolute atomic E-state index is 12.5. The number of rotatable bonds is 3. The van der Waals surface area contributed by atoms with E-state index in [1.54, 1.807) is 23.6 Å². The highest BCUT2D eigenvalue weighted by Gasteiger charge is 2.37. The van der Waals surface area contributed by atoms with E-state index in [1.807, 2.05) is 13.0 Å². The normalized spacial score (nSPS) is 17.8. The molecule has 2 heterocycles. The number of amides is 2. The molecule has 1 aliphatic rings. The van der Waals surface area contributed by atoms with Gasteiger partial charge in [-0.1, -0.05) is 21.4 Å². The van der Waals surface area contributed by atoms with Crippen molar-refractivity contribution in [1.29, 1.82) is 0 Å². The van der Waals surface area contributed by atoms with Gasteiger partial charge >= 0.3 is 0 Å². The summed E-state index contributed by atoms with van der Waals surface area (Å²) in [6.07, 6.45) is 5.12. The van der Waals surface area contributed by atoms with Crippen LogP contribution in [0.2, 0.25) is 0 Å². The zero-order valence-electron chi connectivity index (χ0n) is 12.7. The zero-order chi connectivity index (χ0) is 15.6. The molecule has 0 bridgehead atoms. The summed E-state index contributed by atoms with van der Waals surface area (Å²) in [5.41, 5.74) is 0.378. The van der Waals surface area contributed by atoms with Crippen LogP contribution in [0.4, 0.5) is 5.82 Å². The molecule has 0 saturated carbocycles. The number of likely N-dealkylation sites (tertiary alicyclic amines) is 1. The summed E-state index contributed by atoms with van der Waals surface area (Å²) >= 11 is 0. The summed E-state index contributed by atoms with van der Waals surface area (Å²) in [7, 11) is 2.62. The number of hydrogen-bond acceptors (Lipinski definition) is 3. The number of nitrogens with zero attached hydrogens (tertiary/aromatic N) is 3. The summed E-state index contributed by atoms with van der Waals surface area (Å²) in [4.78, 5) is 25.7. The zero-order valence-corrected chi connectivity index (χ0v) is 13.6. The van der Waals surface area contributed by atoms with Gasteiger partial charge in [-0.3, -0.25) is 14.3 Å². The first-order valence-corrected chi connectivity index (χ1v) is 8.01. The second-order valence-corrected chi connectivity index (χ2v) is 6.46. The van der Waals surface area contributed by atoms with Crippen molar-refractivity contribution in [1.82, 2.24) is 14.7 Å². The van der Waals surface area contributed by atoms with Crippen LogP contribution in [0.3, 0.4) is 0 Å². The Hall–Kier alpha value is -1.68. The molecule has 2 rings (SSSR count). The fourth-order valence-electron chi connectivity index (χ4n) is 2.46. The van der Waals surface area contributed by atoms with Crippen LogP contribution in [0.25, 0.3) is 0 Å². The number of hydrogen-bond donors (Lipinski definition) is 1. The van der Waals surface area contributed by atoms with Crippen molar-refractivity contribution in [3.05, 3.63) is 6.07 Å². The first kappa shape index (κ1) is 15.7. The molecule has 0 aliphatic carbocycles. The number of carbonyl (C=O) groups excluding carboxylic acids is 2. The molecule has 0 spiro atoms. The smallest absolute Gasteiger partial charge is 0.231 e. The molecule has 1 aromatic rings. The van der Waals surface area contributed by atoms with Gasteiger partial charge in [-0.25, -0.2) is 0 Å². The lowest BCUT2D eigenvalue weighted by atomic mass is 9.79. The molecule has 21 heavy (non-hydrogen) atoms. The van der Waals surface area contributed by atoms with Gasteiger partial charge in [0.1, 0.15) is 11.3 Å². The lowest BCUT2D eigenvalue weighted by molar-refractivity contribution is -0.135. The third kappa shape index (κ3) is 3.32. The molecule has 0 aromatic carbocycles. The summed E-state index contributed by atoms with van der Waals surface area (Å²) in [6.45, 7) is 4.79. The van der Waals surface area contributed by atoms with Crippen molar-refractivity contribution in [3.63, 3.8) is 0 Å². The fraction of sp³-hybridized carbons (Fsp3) is 0.571. The van der Waals surface area contributed by atoms with Gasteiger partial charge in [-0.05, 0) is 12.8 Å². The van der Waals surface area contributed by atoms with Gasteiger partial charge in [0, 0.05) is 33.1 Å². The van der Waals surface area contributed by atoms with Crippen LogP contribution in [-0.4, -0.2) is 45.9 Å². The molecule has 7 heteroatoms. The van der Waals surface area contributed by atoms with Crippen LogP contribution in [0.5, 0.6) is 0 Å². The number of aromatic nitrogens is 2. The SMILES string of the molecule is C=Pc1cc(NC(=O)C2(C)CCN(C(C)=O)CC2)n(C)n1. The lowest BCUT2D eigenvalue weighted by Gasteiger charge is -2.37. The average molecular weight is 308 g/mol. The molecule has 1 aliphatic heterocycles. The molecule has 0 atom stereocenters. The highest BCUT2D eigenvalue weighted by molar-refractivity contribution is 7.45. The maximum atomic E-state index is 12.5. The highest BCUT2D eigenvalue weighted by atomic mass is 31.1. The van der Waals surface area contributed by atoms with Crippen molar-refractivity contribution in [2.24, 2.45) is 12.5 Å². The maximum Gasteiger partial charge on any atom is 0.231 e. The van der Waals surface area contributed by atoms with E-state index in [0.717, 1.165) is 13.6 Å². The van der Waals surface area contributed by atoms with Gasteiger partial charge in [0.25, 0.3) is 0 Å². The lowest BCUT2D eigenvalue weighted by Crippen LogP contribution is -2.46. The third-order valence-electron chi connectivity index (χ3n) is 4.13. The predicted octanol–water partition coefficient (Wildman–Crippen LogP) is 1.01. The van der Waals surface area contributed by atoms with E-state index in [0.29, 0.717) is 31.7 Å². The van der Waals surface area contributed by atoms with Crippen molar-refractivity contribution in [2.45, 2.75) is 26.7 Å². The Morgan fingerprint density at radius 1 is 1.43 bits per heavy atom. The number of carbonyl (C=O) groups is 2. The Morgan fingerprint density at radius 2 is 2.05 bits per heavy atom. The van der Waals surface area contributed by atoms with E-state index in [2.05, 4.69) is 16.7 Å². The molecule has 2 amide bonds. The van der Waals surface area contributed by atoms with E-state index in [4.69, 9.17) is 0 Å². The minimum Gasteiger partial charge on any atom is -0.343 e. The van der Waals surface area contributed by atoms with Crippen molar-refractivity contribution in [2.75, 3.05) is 18.4 Å². The van der Waals surface area contributed by atoms with E-state index < -0.39 is 5.41 Å². The molecule has 1 fully saturated rings. The second kappa shape index (κ2) is 5.98. The molecule has 0 unspecified atom stereocenters. The largest absolute Gasteiger partial charge is 0.343 e. The van der Waals surface area contributed by atoms with Gasteiger partial charge < -0.3 is 10.2 Å². The van der Waals surface area contributed by atoms with Gasteiger partial charge in [0.05, 0.1) is 5.41 Å². The topological polar surface area (TPSA) is 67.2 Å². The number of piperidine rings is 1. The van der Waals surface area contributed by atoms with E-state index >= 15 is 0 Å². The number of anilines is 1. The minimum atomic E-state index is -0.446. The van der Waals surface area contributed by atoms with E-state index in [1.165, 1.54) is 0 Å². The number of nitrogens with one attached hydrogen (secondary N) is 1. The highest BCUT2D eigenvalue weighted by Crippen LogP contribution is 2.32. The van der Waals surface area contributed by atoms with Crippen LogP contribution >= 0.6 is 8.20 Å². The third-order valence-corrected chi connectivity index (χ3v) is 4.67. The van der Waals surface area contributed by atoms with E-state index in [9.17, 15) is 9.59 Å². The van der Waals surface area contributed by atoms with Crippen LogP contribution in [0, 0.1) is 5.41 Å². The number of aryl methyl sites for hydroxylation is 1. The van der Waals surface area contributed by atoms with Gasteiger partial charge in [0.2, 0.25) is 11.8 Å². The fourth-order valence-corrected chi connectivity index (χ4v) is 2.87. The molecule has 1 saturated heterocycles. The van der Waals surface area contributed by atoms with E-state index in [-0.39, 0.29) is 11.8 Å². The Labute approximate surface area is 126 Å². The molecule has 114 valence electrons. The first-order valence-electron chi connectivity index (χ1n) is 6.93. The van der Waals surface area contributed by atoms with Crippen molar-refractivity contribution in [3.8, 4) is 0 Å². The Morgan fingerprint density at radius 3 is 2.52 bits per heavy atom. The van der Waals surface area contributed by atoms with Crippen LogP contribution in [0.1, 0.15) is 26.7 Å². The quantitative estimate of drug-likeness (QED) is 0.848. The molecule has 6 nitrogen and oxygen atoms in total. The monoisotopic (exact) mass is 308 g/mol. The molecular weight excluding hydrogens is 287 g/mol. The van der Waals surface area contributed by atoms with Gasteiger partial charge in [-0.2, -0.15) is 5.10 Å². The summed E-state index contributed by atoms with van der Waals surface area (Å²) < 4.78 is 1.65. The Kier molecular flexibility index (Phi) is 4.47. The minimum absolute atomic E-state index is 0.0130. The standard InChI is InChI=1S/C14H21N4O2P/c1-10(19)18-7-5-14(2,6-8-18)13(20)15-11-9-12(21-4)16-17(11)3/h9H,4-8H2,1-3H3,(H,15,20). The molecule has 1 aromatic heterocycles. The Bertz CT molecular complexity index is 574. The van der Waals surface area contributed by atoms with Crippen LogP contribution in [-0.2, 0) is 16.6 Å². The van der Waals surface area contributed by atoms with Gasteiger partial charge in [0.15, 0.2) is 0 Å². The average Bonchev–Trinajstić information content (AvgIpc) is 2.80. The Balaban J connectivity index is 2.04.